The minimum absolute atomic E-state index is 0.149. The number of carbonyl (C=O) groups excluding carboxylic acids is 3. The van der Waals surface area contributed by atoms with Crippen LogP contribution in [0.3, 0.4) is 0 Å². The van der Waals surface area contributed by atoms with Crippen molar-refractivity contribution in [1.82, 2.24) is 16.1 Å². The maximum absolute atomic E-state index is 13.5. The maximum Gasteiger partial charge on any atom is 0.272 e. The zero-order valence-corrected chi connectivity index (χ0v) is 26.4. The minimum atomic E-state index is -1.80. The van der Waals surface area contributed by atoms with Crippen LogP contribution in [0.25, 0.3) is 11.1 Å². The number of hydrogen-bond donors (Lipinski definition) is 5. The molecule has 3 aromatic rings. The molecule has 9 heteroatoms. The largest absolute Gasteiger partial charge is 0.497 e. The number of aryl methyl sites for hydroxylation is 2. The summed E-state index contributed by atoms with van der Waals surface area (Å²) in [7, 11) is 1.63. The van der Waals surface area contributed by atoms with Crippen molar-refractivity contribution in [3.8, 4) is 16.9 Å². The second-order valence-corrected chi connectivity index (χ2v) is 12.2. The number of aliphatic hydroxyl groups is 1. The molecule has 5 N–H and O–H groups in total. The quantitative estimate of drug-likeness (QED) is 0.140. The Hall–Kier alpha value is -4.21. The lowest BCUT2D eigenvalue weighted by Gasteiger charge is -2.33. The van der Waals surface area contributed by atoms with Crippen LogP contribution in [0.4, 0.5) is 0 Å². The smallest absolute Gasteiger partial charge is 0.272 e. The molecule has 44 heavy (non-hydrogen) atoms. The molecule has 0 saturated carbocycles. The van der Waals surface area contributed by atoms with E-state index in [9.17, 15) is 19.5 Å². The molecule has 236 valence electrons. The third kappa shape index (κ3) is 9.14. The van der Waals surface area contributed by atoms with E-state index in [-0.39, 0.29) is 18.4 Å². The summed E-state index contributed by atoms with van der Waals surface area (Å²) >= 11 is 0. The van der Waals surface area contributed by atoms with Gasteiger partial charge in [0.05, 0.1) is 19.1 Å². The van der Waals surface area contributed by atoms with Crippen LogP contribution >= 0.6 is 0 Å². The van der Waals surface area contributed by atoms with E-state index < -0.39 is 35.3 Å². The van der Waals surface area contributed by atoms with Crippen LogP contribution in [0.5, 0.6) is 5.75 Å². The predicted octanol–water partition coefficient (Wildman–Crippen LogP) is 4.88. The molecule has 0 aromatic heterocycles. The number of benzene rings is 3. The molecular weight excluding hydrogens is 558 g/mol. The van der Waals surface area contributed by atoms with Gasteiger partial charge in [-0.25, -0.2) is 5.48 Å². The van der Waals surface area contributed by atoms with Crippen LogP contribution in [-0.4, -0.2) is 47.3 Å². The molecule has 0 spiro atoms. The number of aliphatic hydroxyl groups excluding tert-OH is 1. The SMILES string of the molecule is COc1cccc(-c2ccc(CCC[C@@H](C(=O)N[C@H](C(=O)NC(C)c3ccccc3)C(C)(C)C)C(O)C(=O)NO)cc2C)c1. The van der Waals surface area contributed by atoms with Crippen molar-refractivity contribution in [3.05, 3.63) is 89.5 Å². The van der Waals surface area contributed by atoms with Gasteiger partial charge >= 0.3 is 0 Å². The van der Waals surface area contributed by atoms with Gasteiger partial charge in [-0.2, -0.15) is 0 Å². The van der Waals surface area contributed by atoms with E-state index >= 15 is 0 Å². The third-order valence-electron chi connectivity index (χ3n) is 7.82. The van der Waals surface area contributed by atoms with Crippen LogP contribution in [0.2, 0.25) is 0 Å². The van der Waals surface area contributed by atoms with E-state index in [2.05, 4.69) is 16.7 Å². The summed E-state index contributed by atoms with van der Waals surface area (Å²) in [4.78, 5) is 39.1. The van der Waals surface area contributed by atoms with Gasteiger partial charge in [0.1, 0.15) is 17.9 Å². The van der Waals surface area contributed by atoms with E-state index in [1.807, 2.05) is 101 Å². The van der Waals surface area contributed by atoms with Crippen LogP contribution < -0.4 is 20.9 Å². The first kappa shape index (κ1) is 34.3. The van der Waals surface area contributed by atoms with Crippen molar-refractivity contribution >= 4 is 17.7 Å². The molecule has 0 aliphatic heterocycles. The molecule has 0 saturated heterocycles. The lowest BCUT2D eigenvalue weighted by molar-refractivity contribution is -0.147. The zero-order chi connectivity index (χ0) is 32.4. The molecule has 0 radical (unpaired) electrons. The highest BCUT2D eigenvalue weighted by molar-refractivity contribution is 5.92. The fourth-order valence-electron chi connectivity index (χ4n) is 5.25. The molecule has 9 nitrogen and oxygen atoms in total. The Kier molecular flexibility index (Phi) is 12.1. The number of nitrogens with one attached hydrogen (secondary N) is 3. The molecular formula is C35H45N3O6. The van der Waals surface area contributed by atoms with Gasteiger partial charge in [0.15, 0.2) is 0 Å². The zero-order valence-electron chi connectivity index (χ0n) is 26.4. The van der Waals surface area contributed by atoms with Crippen LogP contribution in [0.15, 0.2) is 72.8 Å². The van der Waals surface area contributed by atoms with E-state index in [0.717, 1.165) is 33.6 Å². The molecule has 0 bridgehead atoms. The van der Waals surface area contributed by atoms with Crippen molar-refractivity contribution in [1.29, 1.82) is 0 Å². The summed E-state index contributed by atoms with van der Waals surface area (Å²) in [6.07, 6.45) is -0.586. The molecule has 0 fully saturated rings. The molecule has 3 amide bonds. The fourth-order valence-corrected chi connectivity index (χ4v) is 5.25. The number of rotatable bonds is 13. The van der Waals surface area contributed by atoms with Gasteiger partial charge in [0, 0.05) is 0 Å². The van der Waals surface area contributed by atoms with Gasteiger partial charge in [-0.3, -0.25) is 19.6 Å². The molecule has 0 heterocycles. The van der Waals surface area contributed by atoms with Crippen LogP contribution in [0.1, 0.15) is 63.3 Å². The van der Waals surface area contributed by atoms with Gasteiger partial charge in [0.25, 0.3) is 5.91 Å². The van der Waals surface area contributed by atoms with E-state index in [1.54, 1.807) is 7.11 Å². The van der Waals surface area contributed by atoms with Crippen molar-refractivity contribution < 1.29 is 29.4 Å². The first-order valence-electron chi connectivity index (χ1n) is 14.9. The lowest BCUT2D eigenvalue weighted by atomic mass is 9.84. The van der Waals surface area contributed by atoms with Gasteiger partial charge < -0.3 is 20.5 Å². The lowest BCUT2D eigenvalue weighted by Crippen LogP contribution is -2.56. The van der Waals surface area contributed by atoms with Crippen LogP contribution in [0, 0.1) is 18.3 Å². The average molecular weight is 604 g/mol. The number of hydrogen-bond acceptors (Lipinski definition) is 6. The van der Waals surface area contributed by atoms with Crippen molar-refractivity contribution in [2.45, 2.75) is 72.1 Å². The van der Waals surface area contributed by atoms with Crippen molar-refractivity contribution in [2.24, 2.45) is 11.3 Å². The summed E-state index contributed by atoms with van der Waals surface area (Å²) in [6, 6.07) is 22.2. The highest BCUT2D eigenvalue weighted by Gasteiger charge is 2.38. The van der Waals surface area contributed by atoms with Gasteiger partial charge in [-0.05, 0) is 78.5 Å². The number of ether oxygens (including phenoxy) is 1. The Balaban J connectivity index is 1.72. The highest BCUT2D eigenvalue weighted by Crippen LogP contribution is 2.28. The molecule has 0 aliphatic rings. The third-order valence-corrected chi connectivity index (χ3v) is 7.82. The normalized spacial score (nSPS) is 14.1. The number of carbonyl (C=O) groups is 3. The Morgan fingerprint density at radius 1 is 0.886 bits per heavy atom. The summed E-state index contributed by atoms with van der Waals surface area (Å²) in [5.41, 5.74) is 5.91. The first-order valence-corrected chi connectivity index (χ1v) is 14.9. The average Bonchev–Trinajstić information content (AvgIpc) is 3.00. The maximum atomic E-state index is 13.5. The van der Waals surface area contributed by atoms with Gasteiger partial charge in [-0.15, -0.1) is 0 Å². The van der Waals surface area contributed by atoms with Gasteiger partial charge in [-0.1, -0.05) is 81.4 Å². The Bertz CT molecular complexity index is 1420. The van der Waals surface area contributed by atoms with E-state index in [0.29, 0.717) is 12.8 Å². The molecule has 4 atom stereocenters. The Labute approximate surface area is 260 Å². The standard InChI is InChI=1S/C35H45N3O6/c1-22-20-24(18-19-28(22)26-15-11-16-27(21-26)44-6)12-10-17-29(30(39)33(41)38-43)32(40)37-31(35(3,4)5)34(42)36-23(2)25-13-8-7-9-14-25/h7-9,11,13-16,18-21,23,29-31,39,43H,10,12,17H2,1-6H3,(H,36,42)(H,37,40)(H,38,41)/t23?,29-,30?,31-/m1/s1. The van der Waals surface area contributed by atoms with E-state index in [1.165, 1.54) is 5.48 Å². The molecule has 3 rings (SSSR count). The highest BCUT2D eigenvalue weighted by atomic mass is 16.5. The minimum Gasteiger partial charge on any atom is -0.497 e. The Morgan fingerprint density at radius 3 is 2.20 bits per heavy atom. The summed E-state index contributed by atoms with van der Waals surface area (Å²) < 4.78 is 5.35. The predicted molar refractivity (Wildman–Crippen MR) is 170 cm³/mol. The van der Waals surface area contributed by atoms with Gasteiger partial charge in [0.2, 0.25) is 11.8 Å². The van der Waals surface area contributed by atoms with E-state index in [4.69, 9.17) is 9.94 Å². The molecule has 2 unspecified atom stereocenters. The topological polar surface area (TPSA) is 137 Å². The number of hydroxylamine groups is 1. The monoisotopic (exact) mass is 603 g/mol. The second-order valence-electron chi connectivity index (χ2n) is 12.2. The summed E-state index contributed by atoms with van der Waals surface area (Å²) in [6.45, 7) is 9.37. The first-order chi connectivity index (χ1) is 20.8. The fraction of sp³-hybridized carbons (Fsp3) is 0.400. The molecule has 3 aromatic carbocycles. The number of methoxy groups -OCH3 is 1. The summed E-state index contributed by atoms with van der Waals surface area (Å²) in [5.74, 6) is -2.53. The Morgan fingerprint density at radius 2 is 1.59 bits per heavy atom. The second kappa shape index (κ2) is 15.5. The summed E-state index contributed by atoms with van der Waals surface area (Å²) in [5, 5.41) is 25.6. The number of amides is 3. The van der Waals surface area contributed by atoms with Crippen molar-refractivity contribution in [2.75, 3.05) is 7.11 Å². The van der Waals surface area contributed by atoms with Crippen LogP contribution in [-0.2, 0) is 20.8 Å². The van der Waals surface area contributed by atoms with Crippen molar-refractivity contribution in [3.63, 3.8) is 0 Å². The molecule has 0 aliphatic carbocycles.